The fourth-order valence-corrected chi connectivity index (χ4v) is 2.98. The highest BCUT2D eigenvalue weighted by Gasteiger charge is 2.23. The molecule has 2 amide bonds. The number of urea groups is 1. The Bertz CT molecular complexity index is 816. The Morgan fingerprint density at radius 3 is 2.54 bits per heavy atom. The number of rotatable bonds is 4. The number of carbonyl (C=O) groups is 1. The van der Waals surface area contributed by atoms with Crippen molar-refractivity contribution in [2.24, 2.45) is 0 Å². The number of hydrogen-bond donors (Lipinski definition) is 1. The van der Waals surface area contributed by atoms with Gasteiger partial charge in [0.15, 0.2) is 0 Å². The van der Waals surface area contributed by atoms with Gasteiger partial charge < -0.3 is 19.7 Å². The Hall–Kier alpha value is -2.60. The molecule has 0 bridgehead atoms. The predicted octanol–water partition coefficient (Wildman–Crippen LogP) is 4.25. The molecule has 1 aliphatic rings. The highest BCUT2D eigenvalue weighted by atomic mass is 19.1. The number of benzene rings is 2. The predicted molar refractivity (Wildman–Crippen MR) is 106 cm³/mol. The second-order valence-corrected chi connectivity index (χ2v) is 8.01. The summed E-state index contributed by atoms with van der Waals surface area (Å²) in [5.74, 6) is 0.544. The van der Waals surface area contributed by atoms with Crippen LogP contribution in [0.2, 0.25) is 0 Å². The molecule has 2 aromatic carbocycles. The maximum absolute atomic E-state index is 13.0. The van der Waals surface area contributed by atoms with E-state index in [9.17, 15) is 9.18 Å². The van der Waals surface area contributed by atoms with E-state index in [1.165, 1.54) is 12.1 Å². The molecule has 0 spiro atoms. The van der Waals surface area contributed by atoms with E-state index < -0.39 is 0 Å². The number of fused-ring (bicyclic) bond motifs is 1. The molecule has 0 aliphatic carbocycles. The maximum atomic E-state index is 13.0. The highest BCUT2D eigenvalue weighted by molar-refractivity contribution is 5.75. The second-order valence-electron chi connectivity index (χ2n) is 8.01. The van der Waals surface area contributed by atoms with Gasteiger partial charge in [-0.15, -0.1) is 0 Å². The Morgan fingerprint density at radius 1 is 1.14 bits per heavy atom. The van der Waals surface area contributed by atoms with E-state index in [0.717, 1.165) is 22.4 Å². The molecule has 0 saturated carbocycles. The first-order valence-corrected chi connectivity index (χ1v) is 9.44. The van der Waals surface area contributed by atoms with Gasteiger partial charge in [0.2, 0.25) is 0 Å². The summed E-state index contributed by atoms with van der Waals surface area (Å²) < 4.78 is 24.5. The van der Waals surface area contributed by atoms with E-state index in [-0.39, 0.29) is 17.4 Å². The summed E-state index contributed by atoms with van der Waals surface area (Å²) in [5.41, 5.74) is 2.60. The minimum absolute atomic E-state index is 0.0955. The summed E-state index contributed by atoms with van der Waals surface area (Å²) in [7, 11) is 0. The van der Waals surface area contributed by atoms with Gasteiger partial charge in [-0.3, -0.25) is 0 Å². The monoisotopic (exact) mass is 386 g/mol. The molecular formula is C22H27FN2O3. The first kappa shape index (κ1) is 20.1. The lowest BCUT2D eigenvalue weighted by Gasteiger charge is -2.27. The lowest BCUT2D eigenvalue weighted by molar-refractivity contribution is 0.107. The molecule has 28 heavy (non-hydrogen) atoms. The van der Waals surface area contributed by atoms with E-state index in [4.69, 9.17) is 9.47 Å². The van der Waals surface area contributed by atoms with Crippen molar-refractivity contribution in [1.82, 2.24) is 10.2 Å². The summed E-state index contributed by atoms with van der Waals surface area (Å²) in [6, 6.07) is 12.1. The van der Waals surface area contributed by atoms with Gasteiger partial charge >= 0.3 is 6.03 Å². The van der Waals surface area contributed by atoms with Crippen LogP contribution in [0.15, 0.2) is 42.5 Å². The zero-order valence-corrected chi connectivity index (χ0v) is 16.6. The molecule has 6 heteroatoms. The molecule has 0 saturated heterocycles. The third-order valence-corrected chi connectivity index (χ3v) is 4.32. The zero-order valence-electron chi connectivity index (χ0n) is 16.6. The number of hydrogen-bond acceptors (Lipinski definition) is 3. The molecule has 2 aromatic rings. The number of amides is 2. The molecule has 1 aliphatic heterocycles. The Kier molecular flexibility index (Phi) is 6.19. The van der Waals surface area contributed by atoms with E-state index >= 15 is 0 Å². The van der Waals surface area contributed by atoms with Crippen LogP contribution in [0.4, 0.5) is 9.18 Å². The largest absolute Gasteiger partial charge is 0.491 e. The van der Waals surface area contributed by atoms with Crippen molar-refractivity contribution in [3.05, 3.63) is 65.0 Å². The van der Waals surface area contributed by atoms with Crippen LogP contribution in [0.25, 0.3) is 0 Å². The molecule has 1 heterocycles. The van der Waals surface area contributed by atoms with Crippen LogP contribution in [0.5, 0.6) is 5.75 Å². The minimum Gasteiger partial charge on any atom is -0.491 e. The van der Waals surface area contributed by atoms with Crippen molar-refractivity contribution in [2.75, 3.05) is 13.2 Å². The Balaban J connectivity index is 1.62. The molecule has 1 N–H and O–H groups in total. The van der Waals surface area contributed by atoms with Gasteiger partial charge in [-0.2, -0.15) is 0 Å². The first-order valence-electron chi connectivity index (χ1n) is 9.44. The number of halogens is 1. The van der Waals surface area contributed by atoms with Crippen LogP contribution in [0, 0.1) is 5.82 Å². The van der Waals surface area contributed by atoms with E-state index in [1.54, 1.807) is 17.0 Å². The smallest absolute Gasteiger partial charge is 0.318 e. The molecule has 0 atom stereocenters. The van der Waals surface area contributed by atoms with E-state index in [2.05, 4.69) is 5.32 Å². The van der Waals surface area contributed by atoms with Gasteiger partial charge in [-0.05, 0) is 56.2 Å². The third kappa shape index (κ3) is 5.70. The first-order chi connectivity index (χ1) is 13.3. The molecule has 0 aromatic heterocycles. The summed E-state index contributed by atoms with van der Waals surface area (Å²) in [5, 5.41) is 3.00. The van der Waals surface area contributed by atoms with Gasteiger partial charge in [0.1, 0.15) is 18.2 Å². The van der Waals surface area contributed by atoms with Crippen molar-refractivity contribution >= 4 is 6.03 Å². The zero-order chi connectivity index (χ0) is 20.1. The summed E-state index contributed by atoms with van der Waals surface area (Å²) in [6.07, 6.45) is 0. The van der Waals surface area contributed by atoms with Crippen molar-refractivity contribution in [3.63, 3.8) is 0 Å². The molecule has 0 fully saturated rings. The van der Waals surface area contributed by atoms with Crippen molar-refractivity contribution < 1.29 is 18.7 Å². The summed E-state index contributed by atoms with van der Waals surface area (Å²) in [6.45, 7) is 8.21. The van der Waals surface area contributed by atoms with Crippen molar-refractivity contribution in [1.29, 1.82) is 0 Å². The van der Waals surface area contributed by atoms with Gasteiger partial charge in [-0.25, -0.2) is 9.18 Å². The number of carbonyl (C=O) groups excluding carboxylic acids is 1. The molecule has 0 radical (unpaired) electrons. The van der Waals surface area contributed by atoms with E-state index in [0.29, 0.717) is 32.9 Å². The summed E-state index contributed by atoms with van der Waals surface area (Å²) >= 11 is 0. The molecule has 150 valence electrons. The highest BCUT2D eigenvalue weighted by Crippen LogP contribution is 2.25. The second kappa shape index (κ2) is 8.61. The fourth-order valence-electron chi connectivity index (χ4n) is 2.98. The third-order valence-electron chi connectivity index (χ3n) is 4.32. The van der Waals surface area contributed by atoms with Gasteiger partial charge in [0.05, 0.1) is 26.3 Å². The number of nitrogens with one attached hydrogen (secondary N) is 1. The Morgan fingerprint density at radius 2 is 1.82 bits per heavy atom. The number of ether oxygens (including phenoxy) is 2. The van der Waals surface area contributed by atoms with Crippen LogP contribution in [-0.2, 0) is 24.5 Å². The number of nitrogens with zero attached hydrogens (tertiary/aromatic N) is 1. The van der Waals surface area contributed by atoms with Crippen LogP contribution in [-0.4, -0.2) is 29.6 Å². The van der Waals surface area contributed by atoms with Crippen LogP contribution >= 0.6 is 0 Å². The fraction of sp³-hybridized carbons (Fsp3) is 0.409. The van der Waals surface area contributed by atoms with Crippen LogP contribution < -0.4 is 10.1 Å². The quantitative estimate of drug-likeness (QED) is 0.855. The minimum atomic E-state index is -0.289. The maximum Gasteiger partial charge on any atom is 0.318 e. The van der Waals surface area contributed by atoms with Crippen LogP contribution in [0.3, 0.4) is 0 Å². The van der Waals surface area contributed by atoms with Crippen LogP contribution in [0.1, 0.15) is 37.5 Å². The SMILES string of the molecule is CC(C)(C)NC(=O)N1CCOc2ccc(COCc3ccc(F)cc3)cc2C1. The standard InChI is InChI=1S/C22H27FN2O3/c1-22(2,3)24-21(26)25-10-11-28-20-9-6-17(12-18(20)13-25)15-27-14-16-4-7-19(23)8-5-16/h4-9,12H,10-11,13-15H2,1-3H3,(H,24,26). The molecular weight excluding hydrogens is 359 g/mol. The average Bonchev–Trinajstić information content (AvgIpc) is 2.84. The lowest BCUT2D eigenvalue weighted by Crippen LogP contribution is -2.48. The average molecular weight is 386 g/mol. The summed E-state index contributed by atoms with van der Waals surface area (Å²) in [4.78, 5) is 14.3. The normalized spacial score (nSPS) is 14.1. The molecule has 5 nitrogen and oxygen atoms in total. The van der Waals surface area contributed by atoms with Gasteiger partial charge in [-0.1, -0.05) is 18.2 Å². The Labute approximate surface area is 165 Å². The molecule has 3 rings (SSSR count). The van der Waals surface area contributed by atoms with E-state index in [1.807, 2.05) is 39.0 Å². The van der Waals surface area contributed by atoms with Gasteiger partial charge in [0, 0.05) is 11.1 Å². The van der Waals surface area contributed by atoms with Crippen molar-refractivity contribution in [2.45, 2.75) is 46.1 Å². The van der Waals surface area contributed by atoms with Crippen molar-refractivity contribution in [3.8, 4) is 5.75 Å². The lowest BCUT2D eigenvalue weighted by atomic mass is 10.1. The van der Waals surface area contributed by atoms with Gasteiger partial charge in [0.25, 0.3) is 0 Å². The topological polar surface area (TPSA) is 50.8 Å². The molecule has 0 unspecified atom stereocenters.